The molecule has 0 aliphatic heterocycles. The number of hydrogen-bond acceptors (Lipinski definition) is 3. The van der Waals surface area contributed by atoms with Crippen LogP contribution < -0.4 is 15.2 Å². The fourth-order valence-electron chi connectivity index (χ4n) is 1.57. The zero-order valence-corrected chi connectivity index (χ0v) is 10.0. The molecule has 0 heterocycles. The van der Waals surface area contributed by atoms with Gasteiger partial charge in [0, 0.05) is 29.4 Å². The number of anilines is 1. The van der Waals surface area contributed by atoms with Crippen molar-refractivity contribution in [1.29, 1.82) is 0 Å². The smallest absolute Gasteiger partial charge is 0.129 e. The third-order valence-corrected chi connectivity index (χ3v) is 2.49. The molecule has 0 aliphatic carbocycles. The average Bonchev–Trinajstić information content (AvgIpc) is 2.37. The van der Waals surface area contributed by atoms with Crippen molar-refractivity contribution in [3.8, 4) is 11.5 Å². The molecule has 0 atom stereocenters. The van der Waals surface area contributed by atoms with Crippen LogP contribution >= 0.6 is 0 Å². The molecule has 2 rings (SSSR count). The standard InChI is InChI=1S/C14H14FNO2/c1-17-12-6-11(16)7-13(8-12)18-9-10-4-2-3-5-14(10)15/h2-8H,9,16H2,1H3. The van der Waals surface area contributed by atoms with Gasteiger partial charge in [-0.25, -0.2) is 4.39 Å². The summed E-state index contributed by atoms with van der Waals surface area (Å²) < 4.78 is 24.0. The summed E-state index contributed by atoms with van der Waals surface area (Å²) >= 11 is 0. The molecule has 0 amide bonds. The van der Waals surface area contributed by atoms with E-state index in [1.807, 2.05) is 0 Å². The molecule has 0 aromatic heterocycles. The van der Waals surface area contributed by atoms with Crippen LogP contribution in [0.15, 0.2) is 42.5 Å². The zero-order valence-electron chi connectivity index (χ0n) is 10.0. The first-order valence-electron chi connectivity index (χ1n) is 5.50. The van der Waals surface area contributed by atoms with E-state index in [4.69, 9.17) is 15.2 Å². The van der Waals surface area contributed by atoms with Gasteiger partial charge in [0.1, 0.15) is 23.9 Å². The Morgan fingerprint density at radius 3 is 2.56 bits per heavy atom. The molecule has 0 fully saturated rings. The lowest BCUT2D eigenvalue weighted by molar-refractivity contribution is 0.298. The summed E-state index contributed by atoms with van der Waals surface area (Å²) in [6.45, 7) is 0.152. The maximum absolute atomic E-state index is 13.4. The number of ether oxygens (including phenoxy) is 2. The summed E-state index contributed by atoms with van der Waals surface area (Å²) in [5, 5.41) is 0. The first-order chi connectivity index (χ1) is 8.69. The molecule has 0 saturated heterocycles. The van der Waals surface area contributed by atoms with Crippen molar-refractivity contribution < 1.29 is 13.9 Å². The van der Waals surface area contributed by atoms with Crippen LogP contribution in [0, 0.1) is 5.82 Å². The molecule has 0 spiro atoms. The van der Waals surface area contributed by atoms with E-state index in [-0.39, 0.29) is 12.4 Å². The van der Waals surface area contributed by atoms with Crippen molar-refractivity contribution in [3.63, 3.8) is 0 Å². The topological polar surface area (TPSA) is 44.5 Å². The number of benzene rings is 2. The molecular weight excluding hydrogens is 233 g/mol. The highest BCUT2D eigenvalue weighted by Crippen LogP contribution is 2.25. The lowest BCUT2D eigenvalue weighted by Gasteiger charge is -2.09. The molecule has 2 aromatic carbocycles. The molecule has 0 aliphatic rings. The lowest BCUT2D eigenvalue weighted by Crippen LogP contribution is -1.99. The summed E-state index contributed by atoms with van der Waals surface area (Å²) in [5.74, 6) is 0.877. The van der Waals surface area contributed by atoms with Gasteiger partial charge in [-0.05, 0) is 6.07 Å². The minimum absolute atomic E-state index is 0.152. The Bertz CT molecular complexity index is 543. The molecule has 0 saturated carbocycles. The van der Waals surface area contributed by atoms with Crippen LogP contribution in [0.5, 0.6) is 11.5 Å². The van der Waals surface area contributed by atoms with Crippen molar-refractivity contribution in [3.05, 3.63) is 53.8 Å². The number of methoxy groups -OCH3 is 1. The van der Waals surface area contributed by atoms with E-state index >= 15 is 0 Å². The molecule has 18 heavy (non-hydrogen) atoms. The Morgan fingerprint density at radius 1 is 1.11 bits per heavy atom. The molecule has 3 nitrogen and oxygen atoms in total. The Morgan fingerprint density at radius 2 is 1.83 bits per heavy atom. The van der Waals surface area contributed by atoms with Crippen LogP contribution in [0.4, 0.5) is 10.1 Å². The van der Waals surface area contributed by atoms with Crippen LogP contribution in [0.25, 0.3) is 0 Å². The van der Waals surface area contributed by atoms with Gasteiger partial charge in [-0.1, -0.05) is 18.2 Å². The van der Waals surface area contributed by atoms with Gasteiger partial charge in [-0.2, -0.15) is 0 Å². The van der Waals surface area contributed by atoms with Gasteiger partial charge in [0.25, 0.3) is 0 Å². The van der Waals surface area contributed by atoms with E-state index in [0.29, 0.717) is 22.7 Å². The monoisotopic (exact) mass is 247 g/mol. The van der Waals surface area contributed by atoms with E-state index in [1.165, 1.54) is 6.07 Å². The lowest BCUT2D eigenvalue weighted by atomic mass is 10.2. The largest absolute Gasteiger partial charge is 0.497 e. The molecule has 0 unspecified atom stereocenters. The minimum atomic E-state index is -0.284. The Labute approximate surface area is 105 Å². The zero-order chi connectivity index (χ0) is 13.0. The molecule has 94 valence electrons. The van der Waals surface area contributed by atoms with E-state index in [1.54, 1.807) is 43.5 Å². The van der Waals surface area contributed by atoms with E-state index in [9.17, 15) is 4.39 Å². The van der Waals surface area contributed by atoms with E-state index in [2.05, 4.69) is 0 Å². The molecule has 0 bridgehead atoms. The Balaban J connectivity index is 2.11. The Hall–Kier alpha value is -2.23. The highest BCUT2D eigenvalue weighted by Gasteiger charge is 2.04. The quantitative estimate of drug-likeness (QED) is 0.845. The summed E-state index contributed by atoms with van der Waals surface area (Å²) in [7, 11) is 1.55. The van der Waals surface area contributed by atoms with Crippen LogP contribution in [0.1, 0.15) is 5.56 Å². The maximum atomic E-state index is 13.4. The van der Waals surface area contributed by atoms with Crippen molar-refractivity contribution in [2.24, 2.45) is 0 Å². The van der Waals surface area contributed by atoms with Gasteiger partial charge < -0.3 is 15.2 Å². The number of nitrogens with two attached hydrogens (primary N) is 1. The molecule has 4 heteroatoms. The SMILES string of the molecule is COc1cc(N)cc(OCc2ccccc2F)c1. The van der Waals surface area contributed by atoms with Crippen LogP contribution in [-0.2, 0) is 6.61 Å². The summed E-state index contributed by atoms with van der Waals surface area (Å²) in [5.41, 5.74) is 6.74. The minimum Gasteiger partial charge on any atom is -0.497 e. The second-order valence-corrected chi connectivity index (χ2v) is 3.82. The van der Waals surface area contributed by atoms with E-state index in [0.717, 1.165) is 0 Å². The first-order valence-corrected chi connectivity index (χ1v) is 5.50. The Kier molecular flexibility index (Phi) is 3.67. The van der Waals surface area contributed by atoms with E-state index < -0.39 is 0 Å². The number of nitrogen functional groups attached to an aromatic ring is 1. The summed E-state index contributed by atoms with van der Waals surface area (Å²) in [4.78, 5) is 0. The summed E-state index contributed by atoms with van der Waals surface area (Å²) in [6.07, 6.45) is 0. The highest BCUT2D eigenvalue weighted by atomic mass is 19.1. The van der Waals surface area contributed by atoms with Crippen molar-refractivity contribution in [2.75, 3.05) is 12.8 Å². The molecule has 2 N–H and O–H groups in total. The first kappa shape index (κ1) is 12.2. The second-order valence-electron chi connectivity index (χ2n) is 3.82. The predicted octanol–water partition coefficient (Wildman–Crippen LogP) is 3.00. The second kappa shape index (κ2) is 5.40. The highest BCUT2D eigenvalue weighted by molar-refractivity contribution is 5.50. The maximum Gasteiger partial charge on any atom is 0.129 e. The van der Waals surface area contributed by atoms with Crippen LogP contribution in [0.2, 0.25) is 0 Å². The normalized spacial score (nSPS) is 10.1. The van der Waals surface area contributed by atoms with Crippen LogP contribution in [0.3, 0.4) is 0 Å². The van der Waals surface area contributed by atoms with Gasteiger partial charge in [-0.15, -0.1) is 0 Å². The third-order valence-electron chi connectivity index (χ3n) is 2.49. The fourth-order valence-corrected chi connectivity index (χ4v) is 1.57. The number of rotatable bonds is 4. The molecular formula is C14H14FNO2. The van der Waals surface area contributed by atoms with Crippen LogP contribution in [-0.4, -0.2) is 7.11 Å². The van der Waals surface area contributed by atoms with Crippen molar-refractivity contribution in [2.45, 2.75) is 6.61 Å². The third kappa shape index (κ3) is 2.91. The molecule has 0 radical (unpaired) electrons. The fraction of sp³-hybridized carbons (Fsp3) is 0.143. The van der Waals surface area contributed by atoms with Gasteiger partial charge in [0.05, 0.1) is 7.11 Å². The summed E-state index contributed by atoms with van der Waals surface area (Å²) in [6, 6.07) is 11.6. The van der Waals surface area contributed by atoms with Crippen molar-refractivity contribution >= 4 is 5.69 Å². The van der Waals surface area contributed by atoms with Crippen molar-refractivity contribution in [1.82, 2.24) is 0 Å². The van der Waals surface area contributed by atoms with Gasteiger partial charge in [-0.3, -0.25) is 0 Å². The number of halogens is 1. The van der Waals surface area contributed by atoms with Gasteiger partial charge in [0.2, 0.25) is 0 Å². The predicted molar refractivity (Wildman–Crippen MR) is 68.1 cm³/mol. The average molecular weight is 247 g/mol. The van der Waals surface area contributed by atoms with Gasteiger partial charge in [0.15, 0.2) is 0 Å². The molecule has 2 aromatic rings. The van der Waals surface area contributed by atoms with Gasteiger partial charge >= 0.3 is 0 Å². The number of hydrogen-bond donors (Lipinski definition) is 1.